The molecule has 73 valence electrons. The minimum absolute atomic E-state index is 0.0652. The van der Waals surface area contributed by atoms with E-state index in [4.69, 9.17) is 10.8 Å². The maximum Gasteiger partial charge on any atom is 0.332 e. The standard InChI is InChI=1S/C7H11N2O4/c1-4(10)9-5(7(12)13)2-3-6(8)11/h2-3H2,1H3,(H2,8,11)(H,9,10)(H,12,13). The molecule has 0 aliphatic heterocycles. The van der Waals surface area contributed by atoms with Gasteiger partial charge in [-0.25, -0.2) is 4.79 Å². The first-order chi connectivity index (χ1) is 5.93. The van der Waals surface area contributed by atoms with Crippen molar-refractivity contribution in [2.45, 2.75) is 19.8 Å². The second-order valence-corrected chi connectivity index (χ2v) is 2.43. The molecule has 0 aromatic carbocycles. The number of aliphatic carboxylic acids is 1. The van der Waals surface area contributed by atoms with Gasteiger partial charge in [0, 0.05) is 13.3 Å². The first-order valence-corrected chi connectivity index (χ1v) is 3.58. The van der Waals surface area contributed by atoms with E-state index in [2.05, 4.69) is 5.32 Å². The van der Waals surface area contributed by atoms with Crippen molar-refractivity contribution < 1.29 is 19.5 Å². The van der Waals surface area contributed by atoms with Crippen LogP contribution in [-0.4, -0.2) is 22.9 Å². The molecule has 6 nitrogen and oxygen atoms in total. The van der Waals surface area contributed by atoms with Crippen LogP contribution in [0.5, 0.6) is 0 Å². The van der Waals surface area contributed by atoms with E-state index in [0.717, 1.165) is 0 Å². The van der Waals surface area contributed by atoms with Crippen LogP contribution in [-0.2, 0) is 14.4 Å². The summed E-state index contributed by atoms with van der Waals surface area (Å²) in [6.45, 7) is 1.19. The van der Waals surface area contributed by atoms with Crippen molar-refractivity contribution in [2.75, 3.05) is 0 Å². The van der Waals surface area contributed by atoms with Crippen LogP contribution in [0.1, 0.15) is 19.8 Å². The number of nitrogens with one attached hydrogen (secondary N) is 1. The van der Waals surface area contributed by atoms with E-state index < -0.39 is 17.8 Å². The quantitative estimate of drug-likeness (QED) is 0.513. The minimum atomic E-state index is -1.25. The Morgan fingerprint density at radius 1 is 1.31 bits per heavy atom. The van der Waals surface area contributed by atoms with Crippen LogP contribution in [0.25, 0.3) is 0 Å². The number of carbonyl (C=O) groups excluding carboxylic acids is 2. The maximum absolute atomic E-state index is 10.5. The van der Waals surface area contributed by atoms with Crippen LogP contribution in [0.15, 0.2) is 0 Å². The Balaban J connectivity index is 4.02. The molecule has 0 saturated carbocycles. The molecule has 0 bridgehead atoms. The monoisotopic (exact) mass is 187 g/mol. The lowest BCUT2D eigenvalue weighted by Gasteiger charge is -2.09. The zero-order valence-electron chi connectivity index (χ0n) is 7.16. The van der Waals surface area contributed by atoms with Crippen LogP contribution in [0, 0.1) is 6.04 Å². The molecular weight excluding hydrogens is 176 g/mol. The Bertz CT molecular complexity index is 227. The second-order valence-electron chi connectivity index (χ2n) is 2.43. The lowest BCUT2D eigenvalue weighted by molar-refractivity contribution is -0.137. The van der Waals surface area contributed by atoms with Crippen molar-refractivity contribution >= 4 is 17.8 Å². The third-order valence-corrected chi connectivity index (χ3v) is 1.21. The Labute approximate surface area is 75.1 Å². The van der Waals surface area contributed by atoms with Gasteiger partial charge in [-0.05, 0) is 6.42 Å². The summed E-state index contributed by atoms with van der Waals surface area (Å²) in [7, 11) is 0. The van der Waals surface area contributed by atoms with Crippen molar-refractivity contribution in [2.24, 2.45) is 5.73 Å². The summed E-state index contributed by atoms with van der Waals surface area (Å²) >= 11 is 0. The molecule has 4 N–H and O–H groups in total. The number of carboxylic acid groups (broad SMARTS) is 1. The van der Waals surface area contributed by atoms with Crippen molar-refractivity contribution in [3.8, 4) is 0 Å². The molecule has 0 aromatic heterocycles. The fraction of sp³-hybridized carbons (Fsp3) is 0.429. The molecule has 0 aliphatic rings. The van der Waals surface area contributed by atoms with Gasteiger partial charge in [-0.2, -0.15) is 0 Å². The van der Waals surface area contributed by atoms with E-state index in [1.54, 1.807) is 0 Å². The van der Waals surface area contributed by atoms with E-state index in [0.29, 0.717) is 0 Å². The molecule has 0 aromatic rings. The minimum Gasteiger partial charge on any atom is -0.479 e. The van der Waals surface area contributed by atoms with Gasteiger partial charge in [0.05, 0.1) is 0 Å². The highest BCUT2D eigenvalue weighted by molar-refractivity contribution is 5.89. The highest BCUT2D eigenvalue weighted by Gasteiger charge is 2.20. The highest BCUT2D eigenvalue weighted by atomic mass is 16.4. The number of carboxylic acids is 1. The molecule has 0 aliphatic carbocycles. The number of amides is 2. The SMILES string of the molecule is CC(=O)N[C](CCC(N)=O)C(=O)O. The van der Waals surface area contributed by atoms with Crippen molar-refractivity contribution in [1.82, 2.24) is 5.32 Å². The number of primary amides is 1. The molecule has 0 rings (SSSR count). The first kappa shape index (κ1) is 11.4. The zero-order valence-corrected chi connectivity index (χ0v) is 7.16. The van der Waals surface area contributed by atoms with Crippen LogP contribution in [0.3, 0.4) is 0 Å². The Hall–Kier alpha value is -1.59. The summed E-state index contributed by atoms with van der Waals surface area (Å²) in [6.07, 6.45) is -0.161. The molecule has 0 atom stereocenters. The van der Waals surface area contributed by atoms with Crippen LogP contribution in [0.4, 0.5) is 0 Å². The van der Waals surface area contributed by atoms with Gasteiger partial charge in [-0.1, -0.05) is 0 Å². The molecule has 0 spiro atoms. The van der Waals surface area contributed by atoms with Crippen molar-refractivity contribution in [1.29, 1.82) is 0 Å². The molecule has 2 amide bonds. The first-order valence-electron chi connectivity index (χ1n) is 3.58. The third kappa shape index (κ3) is 5.66. The molecule has 0 saturated heterocycles. The molecule has 1 radical (unpaired) electrons. The molecule has 13 heavy (non-hydrogen) atoms. The molecule has 0 heterocycles. The van der Waals surface area contributed by atoms with E-state index in [9.17, 15) is 14.4 Å². The van der Waals surface area contributed by atoms with Gasteiger partial charge in [0.15, 0.2) is 6.04 Å². The number of hydrogen-bond donors (Lipinski definition) is 3. The van der Waals surface area contributed by atoms with Crippen LogP contribution < -0.4 is 11.1 Å². The van der Waals surface area contributed by atoms with Gasteiger partial charge in [0.25, 0.3) is 0 Å². The summed E-state index contributed by atoms with van der Waals surface area (Å²) in [6, 6.07) is -0.216. The molecule has 6 heteroatoms. The van der Waals surface area contributed by atoms with Gasteiger partial charge >= 0.3 is 5.97 Å². The van der Waals surface area contributed by atoms with Gasteiger partial charge < -0.3 is 16.2 Å². The summed E-state index contributed by atoms with van der Waals surface area (Å²) in [5.74, 6) is -2.34. The van der Waals surface area contributed by atoms with E-state index >= 15 is 0 Å². The topological polar surface area (TPSA) is 109 Å². The lowest BCUT2D eigenvalue weighted by Crippen LogP contribution is -2.32. The predicted molar refractivity (Wildman–Crippen MR) is 43.1 cm³/mol. The van der Waals surface area contributed by atoms with Gasteiger partial charge in [-0.15, -0.1) is 0 Å². The largest absolute Gasteiger partial charge is 0.479 e. The summed E-state index contributed by atoms with van der Waals surface area (Å²) in [4.78, 5) is 31.3. The van der Waals surface area contributed by atoms with Crippen LogP contribution >= 0.6 is 0 Å². The normalized spacial score (nSPS) is 9.69. The van der Waals surface area contributed by atoms with Crippen LogP contribution in [0.2, 0.25) is 0 Å². The van der Waals surface area contributed by atoms with E-state index in [1.807, 2.05) is 0 Å². The number of carbonyl (C=O) groups is 3. The van der Waals surface area contributed by atoms with Crippen molar-refractivity contribution in [3.63, 3.8) is 0 Å². The average molecular weight is 187 g/mol. The molecule has 0 fully saturated rings. The van der Waals surface area contributed by atoms with Gasteiger partial charge in [-0.3, -0.25) is 9.59 Å². The smallest absolute Gasteiger partial charge is 0.332 e. The molecular formula is C7H11N2O4. The molecule has 0 unspecified atom stereocenters. The highest BCUT2D eigenvalue weighted by Crippen LogP contribution is 2.04. The number of nitrogens with two attached hydrogens (primary N) is 1. The summed E-state index contributed by atoms with van der Waals surface area (Å²) in [5, 5.41) is 10.6. The average Bonchev–Trinajstić information content (AvgIpc) is 1.96. The zero-order chi connectivity index (χ0) is 10.4. The second kappa shape index (κ2) is 5.13. The Morgan fingerprint density at radius 3 is 2.15 bits per heavy atom. The van der Waals surface area contributed by atoms with E-state index in [-0.39, 0.29) is 18.9 Å². The van der Waals surface area contributed by atoms with Crippen molar-refractivity contribution in [3.05, 3.63) is 6.04 Å². The predicted octanol–water partition coefficient (Wildman–Crippen LogP) is -0.995. The number of hydrogen-bond acceptors (Lipinski definition) is 3. The Morgan fingerprint density at radius 2 is 1.85 bits per heavy atom. The van der Waals surface area contributed by atoms with E-state index in [1.165, 1.54) is 6.92 Å². The van der Waals surface area contributed by atoms with Gasteiger partial charge in [0.1, 0.15) is 0 Å². The summed E-state index contributed by atoms with van der Waals surface area (Å²) < 4.78 is 0. The lowest BCUT2D eigenvalue weighted by atomic mass is 10.1. The van der Waals surface area contributed by atoms with Gasteiger partial charge in [0.2, 0.25) is 11.8 Å². The fourth-order valence-electron chi connectivity index (χ4n) is 0.684. The third-order valence-electron chi connectivity index (χ3n) is 1.21. The summed E-state index contributed by atoms with van der Waals surface area (Å²) in [5.41, 5.74) is 4.81. The fourth-order valence-corrected chi connectivity index (χ4v) is 0.684. The maximum atomic E-state index is 10.5. The number of rotatable bonds is 5. The Kier molecular flexibility index (Phi) is 4.50.